The fraction of sp³-hybridized carbons (Fsp3) is 0.368. The van der Waals surface area contributed by atoms with Crippen molar-refractivity contribution < 1.29 is 0 Å². The second-order valence-corrected chi connectivity index (χ2v) is 18.2. The number of halogens is 2. The van der Waals surface area contributed by atoms with Crippen molar-refractivity contribution in [2.24, 2.45) is 0 Å². The van der Waals surface area contributed by atoms with Crippen molar-refractivity contribution in [1.29, 1.82) is 0 Å². The van der Waals surface area contributed by atoms with Crippen LogP contribution in [0.5, 0.6) is 0 Å². The molecule has 4 aliphatic rings. The average Bonchev–Trinajstić information content (AvgIpc) is 3.72. The van der Waals surface area contributed by atoms with Gasteiger partial charge in [-0.15, -0.1) is 34.4 Å². The molecular formula is C38H38Br2S3. The van der Waals surface area contributed by atoms with Gasteiger partial charge in [-0.2, -0.15) is 0 Å². The molecule has 8 rings (SSSR count). The van der Waals surface area contributed by atoms with Crippen LogP contribution in [0.3, 0.4) is 0 Å². The van der Waals surface area contributed by atoms with E-state index in [1.165, 1.54) is 118 Å². The number of thiophene rings is 2. The zero-order valence-electron chi connectivity index (χ0n) is 25.0. The third kappa shape index (κ3) is 5.23. The Labute approximate surface area is 286 Å². The van der Waals surface area contributed by atoms with Crippen LogP contribution in [0, 0.1) is 0 Å². The second kappa shape index (κ2) is 12.8. The van der Waals surface area contributed by atoms with Crippen LogP contribution in [0.2, 0.25) is 0 Å². The number of hydrogen-bond acceptors (Lipinski definition) is 3. The molecule has 0 unspecified atom stereocenters. The van der Waals surface area contributed by atoms with Crippen LogP contribution in [0.1, 0.15) is 114 Å². The van der Waals surface area contributed by atoms with Crippen LogP contribution >= 0.6 is 66.3 Å². The van der Waals surface area contributed by atoms with Crippen molar-refractivity contribution in [3.63, 3.8) is 0 Å². The first-order valence-electron chi connectivity index (χ1n) is 16.0. The number of hydrogen-bond donors (Lipinski definition) is 0. The molecule has 0 saturated heterocycles. The summed E-state index contributed by atoms with van der Waals surface area (Å²) in [6, 6.07) is 23.6. The van der Waals surface area contributed by atoms with Gasteiger partial charge in [-0.25, -0.2) is 0 Å². The molecule has 1 aliphatic heterocycles. The second-order valence-electron chi connectivity index (χ2n) is 12.2. The normalized spacial score (nSPS) is 19.9. The van der Waals surface area contributed by atoms with Crippen molar-refractivity contribution in [3.8, 4) is 0 Å². The summed E-state index contributed by atoms with van der Waals surface area (Å²) in [6.07, 6.45) is 15.3. The summed E-state index contributed by atoms with van der Waals surface area (Å²) in [7, 11) is 0. The van der Waals surface area contributed by atoms with Gasteiger partial charge in [0, 0.05) is 20.6 Å². The summed E-state index contributed by atoms with van der Waals surface area (Å²) in [6.45, 7) is 4.58. The quantitative estimate of drug-likeness (QED) is 0.130. The van der Waals surface area contributed by atoms with Crippen molar-refractivity contribution in [3.05, 3.63) is 123 Å². The van der Waals surface area contributed by atoms with E-state index in [-0.39, 0.29) is 10.7 Å². The molecule has 0 amide bonds. The Balaban J connectivity index is 1.36. The zero-order chi connectivity index (χ0) is 29.6. The first kappa shape index (κ1) is 30.3. The van der Waals surface area contributed by atoms with Gasteiger partial charge in [0.2, 0.25) is 0 Å². The maximum absolute atomic E-state index is 4.00. The Morgan fingerprint density at radius 2 is 1.21 bits per heavy atom. The third-order valence-corrected chi connectivity index (χ3v) is 15.1. The highest BCUT2D eigenvalue weighted by Crippen LogP contribution is 2.71. The van der Waals surface area contributed by atoms with E-state index in [1.807, 2.05) is 22.7 Å². The Morgan fingerprint density at radius 1 is 0.674 bits per heavy atom. The van der Waals surface area contributed by atoms with Gasteiger partial charge in [0.1, 0.15) is 0 Å². The number of unbranched alkanes of at least 4 members (excludes halogenated alkanes) is 6. The Bertz CT molecular complexity index is 1670. The fourth-order valence-corrected chi connectivity index (χ4v) is 12.7. The summed E-state index contributed by atoms with van der Waals surface area (Å²) < 4.78 is 2.42. The number of rotatable bonds is 12. The Kier molecular flexibility index (Phi) is 9.01. The van der Waals surface area contributed by atoms with Crippen LogP contribution in [-0.2, 0) is 17.6 Å². The van der Waals surface area contributed by atoms with Gasteiger partial charge < -0.3 is 0 Å². The minimum absolute atomic E-state index is 0.206. The summed E-state index contributed by atoms with van der Waals surface area (Å²) in [4.78, 5) is 4.26. The average molecular weight is 751 g/mol. The number of benzene rings is 2. The van der Waals surface area contributed by atoms with E-state index in [1.54, 1.807) is 0 Å². The van der Waals surface area contributed by atoms with Gasteiger partial charge in [0.15, 0.2) is 0 Å². The fourth-order valence-electron chi connectivity index (χ4n) is 7.36. The van der Waals surface area contributed by atoms with E-state index in [0.717, 1.165) is 12.8 Å². The first-order chi connectivity index (χ1) is 21.1. The maximum atomic E-state index is 4.00. The highest BCUT2D eigenvalue weighted by Gasteiger charge is 2.56. The molecule has 222 valence electrons. The highest BCUT2D eigenvalue weighted by atomic mass is 79.9. The lowest BCUT2D eigenvalue weighted by atomic mass is 9.60. The molecule has 2 bridgehead atoms. The maximum Gasteiger partial charge on any atom is 0.0964 e. The molecule has 3 heterocycles. The van der Waals surface area contributed by atoms with Crippen LogP contribution in [0.15, 0.2) is 79.9 Å². The molecule has 0 atom stereocenters. The van der Waals surface area contributed by atoms with Crippen LogP contribution in [-0.4, -0.2) is 0 Å². The summed E-state index contributed by atoms with van der Waals surface area (Å²) in [5.74, 6) is 0.267. The molecule has 4 aromatic rings. The lowest BCUT2D eigenvalue weighted by Crippen LogP contribution is -2.37. The van der Waals surface area contributed by atoms with E-state index in [4.69, 9.17) is 0 Å². The van der Waals surface area contributed by atoms with Crippen LogP contribution < -0.4 is 0 Å². The van der Waals surface area contributed by atoms with Crippen molar-refractivity contribution in [1.82, 2.24) is 0 Å². The molecule has 5 heteroatoms. The van der Waals surface area contributed by atoms with Crippen molar-refractivity contribution in [2.45, 2.75) is 88.7 Å². The van der Waals surface area contributed by atoms with Gasteiger partial charge in [-0.3, -0.25) is 0 Å². The molecule has 3 aliphatic carbocycles. The summed E-state index contributed by atoms with van der Waals surface area (Å²) >= 11 is 13.9. The molecule has 1 spiro atoms. The molecule has 43 heavy (non-hydrogen) atoms. The topological polar surface area (TPSA) is 0 Å². The number of thioether (sulfide) groups is 1. The molecule has 0 fully saturated rings. The highest BCUT2D eigenvalue weighted by molar-refractivity contribution is 9.11. The standard InChI is InChI=1S/C38H38Br2S3/c1-3-5-7-9-15-24-21-31(41-36(24)39)32-23-30-35(33-22-25(37(40)42-33)16-10-8-6-4-2)34-26-17-11-13-19-28(26)38(30,43-32)29-20-14-12-18-27(29)34/h11-14,17-23,34H,3-10,15-16H2,1-2H3. The monoisotopic (exact) mass is 748 g/mol. The van der Waals surface area contributed by atoms with E-state index in [2.05, 4.69) is 124 Å². The predicted octanol–water partition coefficient (Wildman–Crippen LogP) is 13.5. The third-order valence-electron chi connectivity index (χ3n) is 9.42. The van der Waals surface area contributed by atoms with E-state index >= 15 is 0 Å². The molecule has 0 N–H and O–H groups in total. The zero-order valence-corrected chi connectivity index (χ0v) is 30.6. The Hall–Kier alpha value is -1.37. The first-order valence-corrected chi connectivity index (χ1v) is 20.0. The van der Waals surface area contributed by atoms with E-state index in [9.17, 15) is 0 Å². The van der Waals surface area contributed by atoms with Gasteiger partial charge in [0.05, 0.1) is 12.3 Å². The van der Waals surface area contributed by atoms with E-state index in [0.29, 0.717) is 0 Å². The van der Waals surface area contributed by atoms with E-state index < -0.39 is 0 Å². The lowest BCUT2D eigenvalue weighted by molar-refractivity contribution is 0.667. The van der Waals surface area contributed by atoms with Gasteiger partial charge in [-0.1, -0.05) is 101 Å². The lowest BCUT2D eigenvalue weighted by Gasteiger charge is -2.48. The number of allylic oxidation sites excluding steroid dienone is 2. The van der Waals surface area contributed by atoms with Crippen molar-refractivity contribution >= 4 is 76.8 Å². The minimum atomic E-state index is -0.206. The smallest absolute Gasteiger partial charge is 0.0964 e. The molecule has 2 aromatic carbocycles. The van der Waals surface area contributed by atoms with Gasteiger partial charge >= 0.3 is 0 Å². The summed E-state index contributed by atoms with van der Waals surface area (Å²) in [5.41, 5.74) is 11.9. The molecular weight excluding hydrogens is 712 g/mol. The predicted molar refractivity (Wildman–Crippen MR) is 198 cm³/mol. The van der Waals surface area contributed by atoms with Gasteiger partial charge in [0.25, 0.3) is 0 Å². The minimum Gasteiger partial charge on any atom is -0.128 e. The summed E-state index contributed by atoms with van der Waals surface area (Å²) in [5, 5.41) is 0. The van der Waals surface area contributed by atoms with Crippen LogP contribution in [0.25, 0.3) is 10.5 Å². The molecule has 0 saturated carbocycles. The molecule has 0 radical (unpaired) electrons. The Morgan fingerprint density at radius 3 is 1.79 bits per heavy atom. The SMILES string of the molecule is CCCCCCc1cc(C2=CC3=C(c4cc(CCCCCC)c(Br)s4)C4c5ccccc5C3(S2)c2ccccc24)sc1Br. The van der Waals surface area contributed by atoms with Gasteiger partial charge in [-0.05, 0) is 120 Å². The van der Waals surface area contributed by atoms with Crippen molar-refractivity contribution in [2.75, 3.05) is 0 Å². The largest absolute Gasteiger partial charge is 0.128 e. The van der Waals surface area contributed by atoms with Crippen LogP contribution in [0.4, 0.5) is 0 Å². The molecule has 0 nitrogen and oxygen atoms in total. The number of aryl methyl sites for hydroxylation is 2. The molecule has 2 aromatic heterocycles.